The number of hydrogen-bond donors (Lipinski definition) is 0. The van der Waals surface area contributed by atoms with E-state index in [1.165, 1.54) is 171 Å². The van der Waals surface area contributed by atoms with Crippen molar-refractivity contribution in [3.05, 3.63) is 300 Å². The van der Waals surface area contributed by atoms with E-state index in [1.807, 2.05) is 18.5 Å². The van der Waals surface area contributed by atoms with Crippen LogP contribution in [-0.4, -0.2) is 63.1 Å². The summed E-state index contributed by atoms with van der Waals surface area (Å²) >= 11 is 0. The maximum atomic E-state index is 5.83. The summed E-state index contributed by atoms with van der Waals surface area (Å²) in [6, 6.07) is 82.9. The first-order valence-electron chi connectivity index (χ1n) is 37.3. The van der Waals surface area contributed by atoms with Crippen molar-refractivity contribution in [2.24, 2.45) is 0 Å². The quantitative estimate of drug-likeness (QED) is 0.119. The van der Waals surface area contributed by atoms with Crippen LogP contribution in [0.1, 0.15) is 44.9 Å². The summed E-state index contributed by atoms with van der Waals surface area (Å²) < 4.78 is 23.2. The number of rotatable bonds is 1. The fourth-order valence-electron chi connectivity index (χ4n) is 19.0. The molecule has 0 atom stereocenters. The molecule has 0 saturated heterocycles. The smallest absolute Gasteiger partial charge is 0.219 e. The van der Waals surface area contributed by atoms with Crippen molar-refractivity contribution in [3.8, 4) is 22.8 Å². The van der Waals surface area contributed by atoms with E-state index in [0.29, 0.717) is 13.2 Å². The monoisotopic (exact) mass is 1420 g/mol. The first kappa shape index (κ1) is 61.9. The molecule has 5 aliphatic rings. The molecular formula is C93H72N10O2Si2. The highest BCUT2D eigenvalue weighted by Gasteiger charge is 2.36. The van der Waals surface area contributed by atoms with Crippen LogP contribution in [0.2, 0.25) is 26.2 Å². The van der Waals surface area contributed by atoms with Crippen molar-refractivity contribution in [3.63, 3.8) is 0 Å². The molecule has 15 heterocycles. The lowest BCUT2D eigenvalue weighted by Crippen LogP contribution is -2.49. The molecule has 21 aromatic rings. The highest BCUT2D eigenvalue weighted by molar-refractivity contribution is 6.91. The number of hydrogen-bond acceptors (Lipinski definition) is 7. The molecule has 0 fully saturated rings. The molecule has 11 aromatic carbocycles. The van der Waals surface area contributed by atoms with Crippen LogP contribution in [-0.2, 0) is 38.1 Å². The molecule has 0 saturated carbocycles. The lowest BCUT2D eigenvalue weighted by Gasteiger charge is -2.30. The van der Waals surface area contributed by atoms with Gasteiger partial charge >= 0.3 is 0 Å². The second-order valence-corrected chi connectivity index (χ2v) is 40.3. The van der Waals surface area contributed by atoms with E-state index >= 15 is 0 Å². The minimum Gasteiger partial charge on any atom is -0.485 e. The minimum atomic E-state index is -1.45. The summed E-state index contributed by atoms with van der Waals surface area (Å²) in [4.78, 5) is 23.4. The molecule has 26 rings (SSSR count). The van der Waals surface area contributed by atoms with Gasteiger partial charge in [-0.1, -0.05) is 232 Å². The number of imidazole rings is 5. The Morgan fingerprint density at radius 2 is 0.748 bits per heavy atom. The minimum absolute atomic E-state index is 0.589. The van der Waals surface area contributed by atoms with E-state index < -0.39 is 16.1 Å². The topological polar surface area (TPSA) is 105 Å². The summed E-state index contributed by atoms with van der Waals surface area (Å²) in [5.41, 5.74) is 25.2. The molecule has 0 N–H and O–H groups in total. The lowest BCUT2D eigenvalue weighted by atomic mass is 9.89. The van der Waals surface area contributed by atoms with Crippen LogP contribution in [0.5, 0.6) is 11.6 Å². The Morgan fingerprint density at radius 3 is 1.36 bits per heavy atom. The molecule has 14 heteroatoms. The Hall–Kier alpha value is -12.5. The van der Waals surface area contributed by atoms with Gasteiger partial charge in [-0.25, -0.2) is 24.9 Å². The number of fused-ring (bicyclic) bond motifs is 15. The highest BCUT2D eigenvalue weighted by Crippen LogP contribution is 2.43. The largest absolute Gasteiger partial charge is 0.485 e. The van der Waals surface area contributed by atoms with Crippen molar-refractivity contribution in [1.29, 1.82) is 0 Å². The van der Waals surface area contributed by atoms with Crippen molar-refractivity contribution < 1.29 is 9.47 Å². The Bertz CT molecular complexity index is 7280. The lowest BCUT2D eigenvalue weighted by molar-refractivity contribution is 0.286. The summed E-state index contributed by atoms with van der Waals surface area (Å²) in [5.74, 6) is 1.78. The predicted octanol–water partition coefficient (Wildman–Crippen LogP) is 20.4. The van der Waals surface area contributed by atoms with Gasteiger partial charge in [0, 0.05) is 94.7 Å². The molecule has 0 aliphatic carbocycles. The molecule has 107 heavy (non-hydrogen) atoms. The first-order valence-corrected chi connectivity index (χ1v) is 43.7. The van der Waals surface area contributed by atoms with E-state index in [0.717, 1.165) is 63.9 Å². The van der Waals surface area contributed by atoms with E-state index in [2.05, 4.69) is 309 Å². The Morgan fingerprint density at radius 1 is 0.308 bits per heavy atom. The first-order chi connectivity index (χ1) is 52.4. The molecule has 0 amide bonds. The summed E-state index contributed by atoms with van der Waals surface area (Å²) in [6.07, 6.45) is 12.1. The van der Waals surface area contributed by atoms with Gasteiger partial charge in [0.15, 0.2) is 0 Å². The van der Waals surface area contributed by atoms with Gasteiger partial charge in [0.25, 0.3) is 0 Å². The molecule has 0 spiro atoms. The van der Waals surface area contributed by atoms with Crippen LogP contribution in [0, 0.1) is 13.8 Å². The van der Waals surface area contributed by atoms with Gasteiger partial charge in [-0.15, -0.1) is 0 Å². The van der Waals surface area contributed by atoms with Crippen molar-refractivity contribution >= 4 is 163 Å². The normalized spacial score (nSPS) is 14.5. The standard InChI is InChI=1S/C25H20N2.2C18H16N2Si.2C16H10N2O/c1-15-6-5-7-16(2)23(15)18-12-17-10-11-19-14-26-25-21-9-4-3-8-20(21)22(13-18)24(17)27(19)25;1-21(2)11-12-6-5-9-14-13-7-3-4-8-15(13)18-19-10-16(21)20(18)17(12)14;1-21(2)11-12-10-19-18-15-7-4-3-6-13(15)14-8-5-9-16(21)17(14)20(12)18;1-2-6-13-11(5-1)12-7-3-4-10-9-19-14-8-17-16(13)18(14)15(10)12;1-2-5-13-11(4-1)12-6-3-7-14-15(12)18-10(9-19-14)8-17-16(13)18/h3-9,12-14H,10-11H2,1-2H3;2*3-10H,11H2,1-2H3;2*1-8H,9H2. The number of aromatic nitrogens is 10. The SMILES string of the molecule is C[Si]1(C)Cc2cccc3c4ccccc4c4ncc1n4c23.C[Si]1(C)Cc2cnc3c4ccccc4c4cccc1c4n23.Cc1cccc(C)c1-c1cc2c3c(c1)c1ccccc1c1ncc(n13)CC2.c1ccc2c(c1)c1cccc3c1n1c(cnc21)CO3.c1ccc2c(c1)c1cccc3c1n1c(cnc21)OC3. The van der Waals surface area contributed by atoms with Crippen LogP contribution in [0.3, 0.4) is 0 Å². The van der Waals surface area contributed by atoms with Crippen molar-refractivity contribution in [1.82, 2.24) is 46.9 Å². The molecule has 0 bridgehead atoms. The second kappa shape index (κ2) is 23.0. The van der Waals surface area contributed by atoms with Gasteiger partial charge < -0.3 is 13.9 Å². The van der Waals surface area contributed by atoms with E-state index in [1.54, 1.807) is 5.19 Å². The maximum absolute atomic E-state index is 5.83. The number of aryl methyl sites for hydroxylation is 4. The van der Waals surface area contributed by atoms with Gasteiger partial charge in [-0.05, 0) is 122 Å². The van der Waals surface area contributed by atoms with Crippen LogP contribution in [0.15, 0.2) is 255 Å². The van der Waals surface area contributed by atoms with Crippen LogP contribution < -0.4 is 20.0 Å². The summed E-state index contributed by atoms with van der Waals surface area (Å²) in [7, 11) is -2.88. The third-order valence-corrected chi connectivity index (χ3v) is 29.8. The van der Waals surface area contributed by atoms with Gasteiger partial charge in [-0.3, -0.25) is 17.6 Å². The Labute approximate surface area is 617 Å². The molecule has 10 aromatic heterocycles. The van der Waals surface area contributed by atoms with Crippen molar-refractivity contribution in [2.45, 2.75) is 78.2 Å². The highest BCUT2D eigenvalue weighted by atomic mass is 28.3. The molecular weight excluding hydrogens is 1350 g/mol. The van der Waals surface area contributed by atoms with Crippen LogP contribution in [0.4, 0.5) is 0 Å². The van der Waals surface area contributed by atoms with E-state index in [4.69, 9.17) is 24.4 Å². The molecule has 514 valence electrons. The molecule has 0 radical (unpaired) electrons. The average Bonchev–Trinajstić information content (AvgIpc) is 1.67. The van der Waals surface area contributed by atoms with E-state index in [9.17, 15) is 0 Å². The zero-order valence-electron chi connectivity index (χ0n) is 60.3. The maximum Gasteiger partial charge on any atom is 0.219 e. The Balaban J connectivity index is 0.0000000837. The number of ether oxygens (including phenoxy) is 2. The third-order valence-electron chi connectivity index (χ3n) is 23.7. The average molecular weight is 1420 g/mol. The molecule has 5 aliphatic heterocycles. The zero-order valence-corrected chi connectivity index (χ0v) is 62.3. The fourth-order valence-corrected chi connectivity index (χ4v) is 24.5. The summed E-state index contributed by atoms with van der Waals surface area (Å²) in [5, 5.41) is 22.2. The third kappa shape index (κ3) is 9.03. The summed E-state index contributed by atoms with van der Waals surface area (Å²) in [6.45, 7) is 15.5. The fraction of sp³-hybridized carbons (Fsp3) is 0.129. The van der Waals surface area contributed by atoms with E-state index in [-0.39, 0.29) is 0 Å². The van der Waals surface area contributed by atoms with Crippen LogP contribution >= 0.6 is 0 Å². The molecule has 12 nitrogen and oxygen atoms in total. The van der Waals surface area contributed by atoms with Gasteiger partial charge in [0.2, 0.25) is 5.88 Å². The number of nitrogens with zero attached hydrogens (tertiary/aromatic N) is 10. The Kier molecular flexibility index (Phi) is 13.3. The number of benzene rings is 11. The van der Waals surface area contributed by atoms with Gasteiger partial charge in [0.05, 0.1) is 53.7 Å². The van der Waals surface area contributed by atoms with Gasteiger partial charge in [-0.2, -0.15) is 0 Å². The van der Waals surface area contributed by atoms with Gasteiger partial charge in [0.1, 0.15) is 55.3 Å². The zero-order chi connectivity index (χ0) is 71.3. The predicted molar refractivity (Wildman–Crippen MR) is 444 cm³/mol. The van der Waals surface area contributed by atoms with Crippen LogP contribution in [0.25, 0.3) is 148 Å². The second-order valence-electron chi connectivity index (χ2n) is 31.0. The number of pyridine rings is 5. The molecule has 0 unspecified atom stereocenters. The number of para-hydroxylation sites is 4. The van der Waals surface area contributed by atoms with Crippen molar-refractivity contribution in [2.75, 3.05) is 0 Å².